The fraction of sp³-hybridized carbons (Fsp3) is 0. The Labute approximate surface area is 322 Å². The molecule has 3 heterocycles. The molecule has 11 aromatic rings. The van der Waals surface area contributed by atoms with Crippen molar-refractivity contribution < 1.29 is 4.42 Å². The predicted molar refractivity (Wildman–Crippen MR) is 229 cm³/mol. The lowest BCUT2D eigenvalue weighted by Gasteiger charge is -2.10. The van der Waals surface area contributed by atoms with Gasteiger partial charge in [0.25, 0.3) is 0 Å². The molecule has 0 saturated carbocycles. The number of hydrogen-bond donors (Lipinski definition) is 0. The van der Waals surface area contributed by atoms with Crippen LogP contribution in [0.25, 0.3) is 106 Å². The van der Waals surface area contributed by atoms with Gasteiger partial charge in [-0.15, -0.1) is 0 Å². The molecular weight excluding hydrogens is 685 g/mol. The lowest BCUT2D eigenvalue weighted by atomic mass is 9.98. The molecule has 0 aliphatic carbocycles. The molecule has 0 N–H and O–H groups in total. The van der Waals surface area contributed by atoms with E-state index in [1.165, 1.54) is 21.9 Å². The van der Waals surface area contributed by atoms with Gasteiger partial charge >= 0.3 is 0 Å². The lowest BCUT2D eigenvalue weighted by molar-refractivity contribution is 0.666. The maximum atomic E-state index is 6.82. The summed E-state index contributed by atoms with van der Waals surface area (Å²) in [6.45, 7) is 0. The van der Waals surface area contributed by atoms with E-state index in [9.17, 15) is 0 Å². The number of fused-ring (bicyclic) bond motifs is 6. The number of nitrogens with zero attached hydrogens (tertiary/aromatic N) is 4. The van der Waals surface area contributed by atoms with E-state index in [0.29, 0.717) is 17.5 Å². The second-order valence-corrected chi connectivity index (χ2v) is 14.0. The molecule has 0 radical (unpaired) electrons. The maximum Gasteiger partial charge on any atom is 0.164 e. The molecule has 0 spiro atoms. The summed E-state index contributed by atoms with van der Waals surface area (Å²) < 4.78 is 9.16. The summed E-state index contributed by atoms with van der Waals surface area (Å²) in [5.41, 5.74) is 12.4. The first-order valence-corrected chi connectivity index (χ1v) is 18.8. The van der Waals surface area contributed by atoms with Gasteiger partial charge < -0.3 is 8.98 Å². The highest BCUT2D eigenvalue weighted by molar-refractivity contribution is 6.16. The molecule has 5 nitrogen and oxygen atoms in total. The molecule has 0 atom stereocenters. The Hall–Kier alpha value is -7.63. The van der Waals surface area contributed by atoms with Crippen molar-refractivity contribution in [1.29, 1.82) is 0 Å². The van der Waals surface area contributed by atoms with E-state index >= 15 is 0 Å². The first kappa shape index (κ1) is 31.9. The fourth-order valence-electron chi connectivity index (χ4n) is 8.03. The lowest BCUT2D eigenvalue weighted by Crippen LogP contribution is -2.00. The first-order chi connectivity index (χ1) is 27.8. The van der Waals surface area contributed by atoms with Gasteiger partial charge in [0, 0.05) is 38.2 Å². The molecule has 3 aromatic heterocycles. The van der Waals surface area contributed by atoms with Gasteiger partial charge in [0.2, 0.25) is 0 Å². The third kappa shape index (κ3) is 5.29. The number of rotatable bonds is 6. The molecule has 0 aliphatic rings. The minimum absolute atomic E-state index is 0.628. The van der Waals surface area contributed by atoms with Crippen molar-refractivity contribution in [3.8, 4) is 62.1 Å². The van der Waals surface area contributed by atoms with Crippen LogP contribution in [0.3, 0.4) is 0 Å². The van der Waals surface area contributed by atoms with E-state index in [1.54, 1.807) is 0 Å². The van der Waals surface area contributed by atoms with E-state index < -0.39 is 0 Å². The van der Waals surface area contributed by atoms with Crippen molar-refractivity contribution in [2.24, 2.45) is 0 Å². The van der Waals surface area contributed by atoms with Crippen LogP contribution in [0, 0.1) is 0 Å². The Morgan fingerprint density at radius 1 is 0.357 bits per heavy atom. The Kier molecular flexibility index (Phi) is 7.42. The van der Waals surface area contributed by atoms with Crippen molar-refractivity contribution in [1.82, 2.24) is 19.5 Å². The van der Waals surface area contributed by atoms with Crippen LogP contribution in [0.5, 0.6) is 0 Å². The molecule has 8 aromatic carbocycles. The van der Waals surface area contributed by atoms with Crippen LogP contribution in [-0.4, -0.2) is 19.5 Å². The molecule has 0 fully saturated rings. The van der Waals surface area contributed by atoms with Gasteiger partial charge in [0.1, 0.15) is 5.58 Å². The monoisotopic (exact) mass is 716 g/mol. The summed E-state index contributed by atoms with van der Waals surface area (Å²) in [7, 11) is 0. The third-order valence-corrected chi connectivity index (χ3v) is 10.7. The van der Waals surface area contributed by atoms with Crippen LogP contribution >= 0.6 is 0 Å². The van der Waals surface area contributed by atoms with E-state index in [1.807, 2.05) is 60.7 Å². The summed E-state index contributed by atoms with van der Waals surface area (Å²) in [6, 6.07) is 67.4. The molecule has 0 saturated heterocycles. The summed E-state index contributed by atoms with van der Waals surface area (Å²) in [4.78, 5) is 14.7. The van der Waals surface area contributed by atoms with Gasteiger partial charge in [-0.25, -0.2) is 15.0 Å². The normalized spacial score (nSPS) is 11.6. The van der Waals surface area contributed by atoms with Crippen molar-refractivity contribution in [2.75, 3.05) is 0 Å². The highest BCUT2D eigenvalue weighted by Gasteiger charge is 2.20. The van der Waals surface area contributed by atoms with Crippen LogP contribution in [0.2, 0.25) is 0 Å². The molecule has 0 aliphatic heterocycles. The smallest absolute Gasteiger partial charge is 0.164 e. The van der Waals surface area contributed by atoms with Gasteiger partial charge in [-0.2, -0.15) is 0 Å². The zero-order chi connectivity index (χ0) is 37.0. The second-order valence-electron chi connectivity index (χ2n) is 14.0. The molecule has 0 unspecified atom stereocenters. The standard InChI is InChI=1S/C51H32N4O/c1-4-14-33(15-5-1)38-30-31-44-42(32-38)40-20-10-11-23-43(40)55(44)45-24-12-22-41-47-39(21-13-25-46(47)56-48(41)45)34-26-28-37(29-27-34)51-53-49(35-16-6-2-7-17-35)52-50(54-51)36-18-8-3-9-19-36/h1-32H. The second kappa shape index (κ2) is 13.0. The molecule has 56 heavy (non-hydrogen) atoms. The zero-order valence-electron chi connectivity index (χ0n) is 30.2. The summed E-state index contributed by atoms with van der Waals surface area (Å²) in [6.07, 6.45) is 0. The maximum absolute atomic E-state index is 6.82. The number of benzene rings is 8. The Balaban J connectivity index is 1.03. The molecule has 11 rings (SSSR count). The predicted octanol–water partition coefficient (Wildman–Crippen LogP) is 13.2. The Morgan fingerprint density at radius 2 is 0.875 bits per heavy atom. The highest BCUT2D eigenvalue weighted by Crippen LogP contribution is 2.42. The van der Waals surface area contributed by atoms with Crippen LogP contribution in [-0.2, 0) is 0 Å². The summed E-state index contributed by atoms with van der Waals surface area (Å²) >= 11 is 0. The Bertz CT molecular complexity index is 3160. The van der Waals surface area contributed by atoms with Gasteiger partial charge in [-0.3, -0.25) is 0 Å². The van der Waals surface area contributed by atoms with Gasteiger partial charge in [0.15, 0.2) is 23.1 Å². The molecular formula is C51H32N4O. The molecule has 0 bridgehead atoms. The largest absolute Gasteiger partial charge is 0.454 e. The topological polar surface area (TPSA) is 56.7 Å². The molecule has 262 valence electrons. The van der Waals surface area contributed by atoms with E-state index in [-0.39, 0.29) is 0 Å². The van der Waals surface area contributed by atoms with Crippen LogP contribution in [0.4, 0.5) is 0 Å². The van der Waals surface area contributed by atoms with Crippen LogP contribution < -0.4 is 0 Å². The molecule has 0 amide bonds. The van der Waals surface area contributed by atoms with Crippen LogP contribution in [0.15, 0.2) is 199 Å². The average Bonchev–Trinajstić information content (AvgIpc) is 3.83. The quantitative estimate of drug-likeness (QED) is 0.172. The van der Waals surface area contributed by atoms with Gasteiger partial charge in [-0.1, -0.05) is 164 Å². The van der Waals surface area contributed by atoms with Crippen LogP contribution in [0.1, 0.15) is 0 Å². The number of furan rings is 1. The Morgan fingerprint density at radius 3 is 1.55 bits per heavy atom. The first-order valence-electron chi connectivity index (χ1n) is 18.8. The van der Waals surface area contributed by atoms with Crippen molar-refractivity contribution in [3.05, 3.63) is 194 Å². The molecule has 5 heteroatoms. The average molecular weight is 717 g/mol. The number of hydrogen-bond acceptors (Lipinski definition) is 4. The highest BCUT2D eigenvalue weighted by atomic mass is 16.3. The van der Waals surface area contributed by atoms with Gasteiger partial charge in [0.05, 0.1) is 16.7 Å². The zero-order valence-corrected chi connectivity index (χ0v) is 30.2. The van der Waals surface area contributed by atoms with Crippen molar-refractivity contribution in [3.63, 3.8) is 0 Å². The third-order valence-electron chi connectivity index (χ3n) is 10.7. The summed E-state index contributed by atoms with van der Waals surface area (Å²) in [5.74, 6) is 1.91. The SMILES string of the molecule is c1ccc(-c2ccc3c(c2)c2ccccc2n3-c2cccc3c2oc2cccc(-c4ccc(-c5nc(-c6ccccc6)nc(-c6ccccc6)n5)cc4)c23)cc1. The minimum atomic E-state index is 0.628. The fourth-order valence-corrected chi connectivity index (χ4v) is 8.03. The van der Waals surface area contributed by atoms with E-state index in [0.717, 1.165) is 66.5 Å². The van der Waals surface area contributed by atoms with Crippen molar-refractivity contribution >= 4 is 43.7 Å². The van der Waals surface area contributed by atoms with Crippen molar-refractivity contribution in [2.45, 2.75) is 0 Å². The van der Waals surface area contributed by atoms with Gasteiger partial charge in [-0.05, 0) is 52.6 Å². The van der Waals surface area contributed by atoms with E-state index in [4.69, 9.17) is 19.4 Å². The number of para-hydroxylation sites is 2. The number of aromatic nitrogens is 4. The minimum Gasteiger partial charge on any atom is -0.454 e. The van der Waals surface area contributed by atoms with E-state index in [2.05, 4.69) is 138 Å². The summed E-state index contributed by atoms with van der Waals surface area (Å²) in [5, 5.41) is 4.57.